The molecule has 0 aliphatic heterocycles. The van der Waals surface area contributed by atoms with Gasteiger partial charge in [-0.05, 0) is 28.9 Å². The van der Waals surface area contributed by atoms with Gasteiger partial charge in [-0.25, -0.2) is 0 Å². The molecule has 72 valence electrons. The van der Waals surface area contributed by atoms with Gasteiger partial charge in [0.05, 0.1) is 11.6 Å². The first kappa shape index (κ1) is 10.3. The molecule has 1 rings (SSSR count). The summed E-state index contributed by atoms with van der Waals surface area (Å²) in [6.45, 7) is 2.10. The standard InChI is InChI=1S/C9H12BrNO2/c1-5-8(12)6(4-11)3-7(10)9(5)13-2/h3,12H,4,11H2,1-2H3. The fourth-order valence-corrected chi connectivity index (χ4v) is 1.96. The third-order valence-electron chi connectivity index (χ3n) is 1.94. The highest BCUT2D eigenvalue weighted by Gasteiger charge is 2.12. The summed E-state index contributed by atoms with van der Waals surface area (Å²) in [5.41, 5.74) is 6.88. The van der Waals surface area contributed by atoms with E-state index in [-0.39, 0.29) is 5.75 Å². The number of hydrogen-bond donors (Lipinski definition) is 2. The van der Waals surface area contributed by atoms with Crippen LogP contribution in [0.25, 0.3) is 0 Å². The number of rotatable bonds is 2. The predicted octanol–water partition coefficient (Wildman–Crippen LogP) is 1.93. The smallest absolute Gasteiger partial charge is 0.139 e. The molecule has 13 heavy (non-hydrogen) atoms. The Bertz CT molecular complexity index is 326. The lowest BCUT2D eigenvalue weighted by Gasteiger charge is -2.11. The van der Waals surface area contributed by atoms with Gasteiger partial charge >= 0.3 is 0 Å². The molecule has 0 bridgehead atoms. The number of ether oxygens (including phenoxy) is 1. The first-order valence-electron chi connectivity index (χ1n) is 3.86. The second-order valence-corrected chi connectivity index (χ2v) is 3.58. The Hall–Kier alpha value is -0.740. The largest absolute Gasteiger partial charge is 0.507 e. The summed E-state index contributed by atoms with van der Waals surface area (Å²) in [4.78, 5) is 0. The third kappa shape index (κ3) is 1.78. The molecule has 0 spiro atoms. The van der Waals surface area contributed by atoms with Gasteiger partial charge in [-0.15, -0.1) is 0 Å². The molecule has 0 saturated carbocycles. The highest BCUT2D eigenvalue weighted by Crippen LogP contribution is 2.36. The molecular weight excluding hydrogens is 234 g/mol. The molecule has 0 saturated heterocycles. The molecule has 4 heteroatoms. The zero-order chi connectivity index (χ0) is 10.0. The monoisotopic (exact) mass is 245 g/mol. The van der Waals surface area contributed by atoms with Crippen molar-refractivity contribution in [3.05, 3.63) is 21.7 Å². The van der Waals surface area contributed by atoms with E-state index < -0.39 is 0 Å². The van der Waals surface area contributed by atoms with E-state index in [2.05, 4.69) is 15.9 Å². The molecule has 0 amide bonds. The summed E-state index contributed by atoms with van der Waals surface area (Å²) in [5, 5.41) is 9.65. The van der Waals surface area contributed by atoms with E-state index in [1.807, 2.05) is 0 Å². The van der Waals surface area contributed by atoms with Crippen LogP contribution in [0.15, 0.2) is 10.5 Å². The number of halogens is 1. The van der Waals surface area contributed by atoms with E-state index >= 15 is 0 Å². The van der Waals surface area contributed by atoms with Crippen molar-refractivity contribution >= 4 is 15.9 Å². The zero-order valence-electron chi connectivity index (χ0n) is 7.60. The van der Waals surface area contributed by atoms with Crippen LogP contribution in [0.3, 0.4) is 0 Å². The number of methoxy groups -OCH3 is 1. The lowest BCUT2D eigenvalue weighted by Crippen LogP contribution is -1.99. The average molecular weight is 246 g/mol. The minimum absolute atomic E-state index is 0.211. The van der Waals surface area contributed by atoms with Crippen molar-refractivity contribution in [2.24, 2.45) is 5.73 Å². The molecule has 3 nitrogen and oxygen atoms in total. The number of nitrogens with two attached hydrogens (primary N) is 1. The first-order chi connectivity index (χ1) is 6.11. The predicted molar refractivity (Wildman–Crippen MR) is 55.0 cm³/mol. The second kappa shape index (κ2) is 3.98. The van der Waals surface area contributed by atoms with Crippen molar-refractivity contribution in [2.45, 2.75) is 13.5 Å². The summed E-state index contributed by atoms with van der Waals surface area (Å²) in [6.07, 6.45) is 0. The highest BCUT2D eigenvalue weighted by atomic mass is 79.9. The van der Waals surface area contributed by atoms with Gasteiger partial charge in [0.1, 0.15) is 11.5 Å². The van der Waals surface area contributed by atoms with E-state index in [1.165, 1.54) is 0 Å². The van der Waals surface area contributed by atoms with E-state index in [9.17, 15) is 5.11 Å². The molecule has 1 aromatic rings. The lowest BCUT2D eigenvalue weighted by molar-refractivity contribution is 0.399. The van der Waals surface area contributed by atoms with Crippen molar-refractivity contribution in [3.8, 4) is 11.5 Å². The number of aromatic hydroxyl groups is 1. The molecule has 1 aromatic carbocycles. The quantitative estimate of drug-likeness (QED) is 0.838. The third-order valence-corrected chi connectivity index (χ3v) is 2.53. The van der Waals surface area contributed by atoms with Gasteiger partial charge in [0.25, 0.3) is 0 Å². The van der Waals surface area contributed by atoms with Crippen LogP contribution in [0.4, 0.5) is 0 Å². The van der Waals surface area contributed by atoms with Gasteiger partial charge < -0.3 is 15.6 Å². The summed E-state index contributed by atoms with van der Waals surface area (Å²) >= 11 is 3.34. The minimum Gasteiger partial charge on any atom is -0.507 e. The molecule has 0 heterocycles. The summed E-state index contributed by atoms with van der Waals surface area (Å²) < 4.78 is 5.92. The molecule has 0 fully saturated rings. The van der Waals surface area contributed by atoms with Crippen LogP contribution in [-0.4, -0.2) is 12.2 Å². The van der Waals surface area contributed by atoms with Crippen molar-refractivity contribution < 1.29 is 9.84 Å². The second-order valence-electron chi connectivity index (χ2n) is 2.73. The Morgan fingerprint density at radius 1 is 1.62 bits per heavy atom. The molecule has 0 atom stereocenters. The Kier molecular flexibility index (Phi) is 3.17. The highest BCUT2D eigenvalue weighted by molar-refractivity contribution is 9.10. The van der Waals surface area contributed by atoms with Crippen LogP contribution < -0.4 is 10.5 Å². The zero-order valence-corrected chi connectivity index (χ0v) is 9.18. The van der Waals surface area contributed by atoms with Crippen LogP contribution in [-0.2, 0) is 6.54 Å². The Balaban J connectivity index is 3.37. The van der Waals surface area contributed by atoms with Crippen LogP contribution >= 0.6 is 15.9 Å². The maximum atomic E-state index is 9.65. The molecule has 0 unspecified atom stereocenters. The fourth-order valence-electron chi connectivity index (χ4n) is 1.22. The molecule has 3 N–H and O–H groups in total. The Morgan fingerprint density at radius 2 is 2.23 bits per heavy atom. The van der Waals surface area contributed by atoms with E-state index in [0.717, 1.165) is 4.47 Å². The molecule has 0 aliphatic rings. The van der Waals surface area contributed by atoms with Crippen LogP contribution in [0.5, 0.6) is 11.5 Å². The van der Waals surface area contributed by atoms with E-state index in [4.69, 9.17) is 10.5 Å². The van der Waals surface area contributed by atoms with Crippen LogP contribution in [0.1, 0.15) is 11.1 Å². The van der Waals surface area contributed by atoms with E-state index in [1.54, 1.807) is 20.1 Å². The molecule has 0 aromatic heterocycles. The van der Waals surface area contributed by atoms with Crippen LogP contribution in [0.2, 0.25) is 0 Å². The van der Waals surface area contributed by atoms with Crippen molar-refractivity contribution in [2.75, 3.05) is 7.11 Å². The van der Waals surface area contributed by atoms with Gasteiger partial charge in [-0.1, -0.05) is 0 Å². The van der Waals surface area contributed by atoms with Gasteiger partial charge in [0, 0.05) is 17.7 Å². The van der Waals surface area contributed by atoms with Gasteiger partial charge in [-0.3, -0.25) is 0 Å². The summed E-state index contributed by atoms with van der Waals surface area (Å²) in [7, 11) is 1.56. The maximum absolute atomic E-state index is 9.65. The van der Waals surface area contributed by atoms with Crippen molar-refractivity contribution in [3.63, 3.8) is 0 Å². The summed E-state index contributed by atoms with van der Waals surface area (Å²) in [6, 6.07) is 1.77. The Labute approximate surface area is 85.6 Å². The number of phenolic OH excluding ortho intramolecular Hbond substituents is 1. The van der Waals surface area contributed by atoms with Crippen molar-refractivity contribution in [1.29, 1.82) is 0 Å². The summed E-state index contributed by atoms with van der Waals surface area (Å²) in [5.74, 6) is 0.859. The van der Waals surface area contributed by atoms with Gasteiger partial charge in [0.15, 0.2) is 0 Å². The molecule has 0 aliphatic carbocycles. The van der Waals surface area contributed by atoms with Crippen molar-refractivity contribution in [1.82, 2.24) is 0 Å². The van der Waals surface area contributed by atoms with Gasteiger partial charge in [-0.2, -0.15) is 0 Å². The fraction of sp³-hybridized carbons (Fsp3) is 0.333. The van der Waals surface area contributed by atoms with E-state index in [0.29, 0.717) is 23.4 Å². The average Bonchev–Trinajstić information content (AvgIpc) is 2.12. The SMILES string of the molecule is COc1c(Br)cc(CN)c(O)c1C. The first-order valence-corrected chi connectivity index (χ1v) is 4.66. The molecular formula is C9H12BrNO2. The Morgan fingerprint density at radius 3 is 2.69 bits per heavy atom. The minimum atomic E-state index is 0.211. The maximum Gasteiger partial charge on any atom is 0.139 e. The topological polar surface area (TPSA) is 55.5 Å². The number of benzene rings is 1. The lowest BCUT2D eigenvalue weighted by atomic mass is 10.1. The number of phenols is 1. The van der Waals surface area contributed by atoms with Crippen LogP contribution in [0, 0.1) is 6.92 Å². The normalized spacial score (nSPS) is 10.2. The number of hydrogen-bond acceptors (Lipinski definition) is 3. The molecule has 0 radical (unpaired) electrons. The van der Waals surface area contributed by atoms with Gasteiger partial charge in [0.2, 0.25) is 0 Å².